The minimum absolute atomic E-state index is 0.763. The minimum atomic E-state index is 0.763. The summed E-state index contributed by atoms with van der Waals surface area (Å²) in [6.45, 7) is 0. The molecule has 0 saturated carbocycles. The van der Waals surface area contributed by atoms with Crippen molar-refractivity contribution in [2.75, 3.05) is 5.43 Å². The fraction of sp³-hybridized carbons (Fsp3) is 0. The van der Waals surface area contributed by atoms with Gasteiger partial charge in [0.25, 0.3) is 0 Å². The van der Waals surface area contributed by atoms with Crippen molar-refractivity contribution in [1.29, 1.82) is 0 Å². The molecule has 0 aliphatic heterocycles. The van der Waals surface area contributed by atoms with Crippen molar-refractivity contribution in [3.05, 3.63) is 96.7 Å². The highest BCUT2D eigenvalue weighted by atomic mass is 32.1. The topological polar surface area (TPSA) is 55.1 Å². The van der Waals surface area contributed by atoms with Gasteiger partial charge >= 0.3 is 0 Å². The van der Waals surface area contributed by atoms with Crippen molar-refractivity contribution >= 4 is 32.9 Å². The third-order valence-corrected chi connectivity index (χ3v) is 5.41. The quantitative estimate of drug-likeness (QED) is 0.311. The van der Waals surface area contributed by atoms with E-state index in [1.807, 2.05) is 77.6 Å². The molecule has 5 rings (SSSR count). The van der Waals surface area contributed by atoms with Crippen molar-refractivity contribution in [1.82, 2.24) is 14.8 Å². The third kappa shape index (κ3) is 3.66. The standard InChI is InChI=1S/C23H17N5S/c1-3-9-17(10-4-1)22-18(16-28(27-22)19-11-5-2-6-12-19)15-24-26-23-25-20-13-7-8-14-21(20)29-23/h1-16H,(H,25,26). The predicted molar refractivity (Wildman–Crippen MR) is 120 cm³/mol. The van der Waals surface area contributed by atoms with Gasteiger partial charge in [0, 0.05) is 17.3 Å². The summed E-state index contributed by atoms with van der Waals surface area (Å²) in [5.41, 5.74) is 7.87. The van der Waals surface area contributed by atoms with Crippen molar-refractivity contribution in [3.8, 4) is 16.9 Å². The maximum atomic E-state index is 4.80. The lowest BCUT2D eigenvalue weighted by Gasteiger charge is -2.00. The van der Waals surface area contributed by atoms with E-state index in [1.165, 1.54) is 0 Å². The molecule has 0 amide bonds. The summed E-state index contributed by atoms with van der Waals surface area (Å²) < 4.78 is 3.01. The van der Waals surface area contributed by atoms with Crippen LogP contribution in [-0.2, 0) is 0 Å². The number of hydrogen-bond donors (Lipinski definition) is 1. The van der Waals surface area contributed by atoms with Crippen LogP contribution in [0.2, 0.25) is 0 Å². The molecule has 6 heteroatoms. The van der Waals surface area contributed by atoms with Crippen molar-refractivity contribution in [3.63, 3.8) is 0 Å². The number of rotatable bonds is 5. The summed E-state index contributed by atoms with van der Waals surface area (Å²) in [4.78, 5) is 4.55. The average molecular weight is 395 g/mol. The van der Waals surface area contributed by atoms with Gasteiger partial charge in [-0.2, -0.15) is 10.2 Å². The molecule has 3 aromatic carbocycles. The van der Waals surface area contributed by atoms with Gasteiger partial charge in [0.1, 0.15) is 5.69 Å². The van der Waals surface area contributed by atoms with Crippen LogP contribution in [0, 0.1) is 0 Å². The molecular formula is C23H17N5S. The number of benzene rings is 3. The third-order valence-electron chi connectivity index (χ3n) is 4.47. The number of para-hydroxylation sites is 2. The van der Waals surface area contributed by atoms with Crippen molar-refractivity contribution in [2.24, 2.45) is 5.10 Å². The van der Waals surface area contributed by atoms with E-state index >= 15 is 0 Å². The fourth-order valence-electron chi connectivity index (χ4n) is 3.09. The summed E-state index contributed by atoms with van der Waals surface area (Å²) >= 11 is 1.58. The highest BCUT2D eigenvalue weighted by Crippen LogP contribution is 2.26. The lowest BCUT2D eigenvalue weighted by molar-refractivity contribution is 0.884. The van der Waals surface area contributed by atoms with Crippen LogP contribution < -0.4 is 5.43 Å². The van der Waals surface area contributed by atoms with Crippen LogP contribution in [0.3, 0.4) is 0 Å². The van der Waals surface area contributed by atoms with Gasteiger partial charge in [-0.15, -0.1) is 0 Å². The Morgan fingerprint density at radius 2 is 1.59 bits per heavy atom. The molecule has 2 heterocycles. The van der Waals surface area contributed by atoms with Gasteiger partial charge in [-0.3, -0.25) is 5.43 Å². The molecule has 0 saturated heterocycles. The highest BCUT2D eigenvalue weighted by Gasteiger charge is 2.11. The SMILES string of the molecule is C(=NNc1nc2ccccc2s1)c1cn(-c2ccccc2)nc1-c1ccccc1. The second kappa shape index (κ2) is 7.69. The van der Waals surface area contributed by atoms with E-state index in [0.29, 0.717) is 0 Å². The van der Waals surface area contributed by atoms with E-state index in [9.17, 15) is 0 Å². The molecule has 0 atom stereocenters. The highest BCUT2D eigenvalue weighted by molar-refractivity contribution is 7.22. The number of nitrogens with one attached hydrogen (secondary N) is 1. The van der Waals surface area contributed by atoms with E-state index in [0.717, 1.165) is 37.9 Å². The second-order valence-electron chi connectivity index (χ2n) is 6.44. The fourth-order valence-corrected chi connectivity index (χ4v) is 3.91. The summed E-state index contributed by atoms with van der Waals surface area (Å²) in [6, 6.07) is 28.2. The van der Waals surface area contributed by atoms with Crippen LogP contribution in [0.15, 0.2) is 96.2 Å². The Bertz CT molecular complexity index is 1240. The molecule has 0 unspecified atom stereocenters. The van der Waals surface area contributed by atoms with Gasteiger partial charge in [0.05, 0.1) is 22.1 Å². The van der Waals surface area contributed by atoms with E-state index in [4.69, 9.17) is 5.10 Å². The summed E-state index contributed by atoms with van der Waals surface area (Å²) in [5, 5.41) is 9.98. The second-order valence-corrected chi connectivity index (χ2v) is 7.47. The summed E-state index contributed by atoms with van der Waals surface area (Å²) in [6.07, 6.45) is 3.78. The molecule has 0 fully saturated rings. The van der Waals surface area contributed by atoms with Crippen LogP contribution in [0.4, 0.5) is 5.13 Å². The molecule has 0 radical (unpaired) electrons. The molecule has 5 nitrogen and oxygen atoms in total. The van der Waals surface area contributed by atoms with Gasteiger partial charge in [-0.05, 0) is 24.3 Å². The Labute approximate surface area is 172 Å². The Hall–Kier alpha value is -3.77. The zero-order chi connectivity index (χ0) is 19.5. The van der Waals surface area contributed by atoms with Gasteiger partial charge in [-0.25, -0.2) is 9.67 Å². The summed E-state index contributed by atoms with van der Waals surface area (Å²) in [7, 11) is 0. The van der Waals surface area contributed by atoms with E-state index < -0.39 is 0 Å². The van der Waals surface area contributed by atoms with Gasteiger partial charge in [-0.1, -0.05) is 72.0 Å². The first-order chi connectivity index (χ1) is 14.4. The maximum absolute atomic E-state index is 4.80. The van der Waals surface area contributed by atoms with Gasteiger partial charge in [0.2, 0.25) is 5.13 Å². The number of thiazole rings is 1. The molecule has 0 bridgehead atoms. The molecule has 29 heavy (non-hydrogen) atoms. The lowest BCUT2D eigenvalue weighted by Crippen LogP contribution is -1.93. The molecular weight excluding hydrogens is 378 g/mol. The number of nitrogens with zero attached hydrogens (tertiary/aromatic N) is 4. The Kier molecular flexibility index (Phi) is 4.60. The molecule has 140 valence electrons. The van der Waals surface area contributed by atoms with Crippen LogP contribution in [0.25, 0.3) is 27.2 Å². The predicted octanol–water partition coefficient (Wildman–Crippen LogP) is 5.60. The minimum Gasteiger partial charge on any atom is -0.253 e. The van der Waals surface area contributed by atoms with Crippen LogP contribution in [0.1, 0.15) is 5.56 Å². The van der Waals surface area contributed by atoms with E-state index in [2.05, 4.69) is 33.7 Å². The average Bonchev–Trinajstić information content (AvgIpc) is 3.39. The number of fused-ring (bicyclic) bond motifs is 1. The molecule has 0 spiro atoms. The first-order valence-electron chi connectivity index (χ1n) is 9.22. The van der Waals surface area contributed by atoms with E-state index in [1.54, 1.807) is 17.6 Å². The molecule has 5 aromatic rings. The van der Waals surface area contributed by atoms with E-state index in [-0.39, 0.29) is 0 Å². The van der Waals surface area contributed by atoms with Crippen molar-refractivity contribution < 1.29 is 0 Å². The number of anilines is 1. The Morgan fingerprint density at radius 3 is 2.38 bits per heavy atom. The number of hydrazone groups is 1. The van der Waals surface area contributed by atoms with Gasteiger partial charge < -0.3 is 0 Å². The monoisotopic (exact) mass is 395 g/mol. The van der Waals surface area contributed by atoms with Crippen LogP contribution in [0.5, 0.6) is 0 Å². The van der Waals surface area contributed by atoms with Crippen molar-refractivity contribution in [2.45, 2.75) is 0 Å². The Morgan fingerprint density at radius 1 is 0.862 bits per heavy atom. The van der Waals surface area contributed by atoms with Crippen LogP contribution >= 0.6 is 11.3 Å². The maximum Gasteiger partial charge on any atom is 0.204 e. The molecule has 0 aliphatic carbocycles. The molecule has 2 aromatic heterocycles. The lowest BCUT2D eigenvalue weighted by atomic mass is 10.1. The summed E-state index contributed by atoms with van der Waals surface area (Å²) in [5.74, 6) is 0. The zero-order valence-corrected chi connectivity index (χ0v) is 16.3. The van der Waals surface area contributed by atoms with Crippen LogP contribution in [-0.4, -0.2) is 21.0 Å². The smallest absolute Gasteiger partial charge is 0.204 e. The Balaban J connectivity index is 1.47. The normalized spacial score (nSPS) is 11.3. The largest absolute Gasteiger partial charge is 0.253 e. The molecule has 0 aliphatic rings. The first-order valence-corrected chi connectivity index (χ1v) is 10.0. The number of hydrogen-bond acceptors (Lipinski definition) is 5. The number of aromatic nitrogens is 3. The first kappa shape index (κ1) is 17.3. The molecule has 1 N–H and O–H groups in total. The van der Waals surface area contributed by atoms with Gasteiger partial charge in [0.15, 0.2) is 0 Å². The zero-order valence-electron chi connectivity index (χ0n) is 15.4.